The first kappa shape index (κ1) is 16.0. The maximum Gasteiger partial charge on any atom is 0.225 e. The molecule has 0 unspecified atom stereocenters. The molecule has 3 heterocycles. The second kappa shape index (κ2) is 7.18. The van der Waals surface area contributed by atoms with Crippen molar-refractivity contribution in [3.8, 4) is 0 Å². The molecule has 24 heavy (non-hydrogen) atoms. The van der Waals surface area contributed by atoms with Crippen LogP contribution in [0.4, 0.5) is 0 Å². The SMILES string of the molecule is O=C(C1CCCCC1)N1CCc2nc([C@@H]3CCCCN3)ncc2C1. The number of rotatable bonds is 2. The quantitative estimate of drug-likeness (QED) is 0.907. The molecule has 4 rings (SSSR count). The molecule has 0 spiro atoms. The maximum atomic E-state index is 12.8. The van der Waals surface area contributed by atoms with Crippen molar-refractivity contribution >= 4 is 5.91 Å². The molecule has 0 aromatic carbocycles. The zero-order valence-corrected chi connectivity index (χ0v) is 14.5. The molecule has 0 radical (unpaired) electrons. The molecule has 1 aromatic rings. The molecule has 1 aliphatic carbocycles. The number of hydrogen-bond donors (Lipinski definition) is 1. The number of nitrogens with one attached hydrogen (secondary N) is 1. The van der Waals surface area contributed by atoms with Crippen LogP contribution < -0.4 is 5.32 Å². The molecule has 2 fully saturated rings. The van der Waals surface area contributed by atoms with E-state index in [4.69, 9.17) is 4.98 Å². The highest BCUT2D eigenvalue weighted by molar-refractivity contribution is 5.79. The van der Waals surface area contributed by atoms with Gasteiger partial charge in [0.15, 0.2) is 0 Å². The van der Waals surface area contributed by atoms with Crippen molar-refractivity contribution < 1.29 is 4.79 Å². The summed E-state index contributed by atoms with van der Waals surface area (Å²) in [5.74, 6) is 1.56. The highest BCUT2D eigenvalue weighted by Gasteiger charge is 2.29. The summed E-state index contributed by atoms with van der Waals surface area (Å²) in [5.41, 5.74) is 2.30. The largest absolute Gasteiger partial charge is 0.338 e. The smallest absolute Gasteiger partial charge is 0.225 e. The maximum absolute atomic E-state index is 12.8. The van der Waals surface area contributed by atoms with Crippen molar-refractivity contribution in [3.05, 3.63) is 23.3 Å². The molecule has 1 amide bonds. The number of piperidine rings is 1. The molecule has 5 heteroatoms. The summed E-state index contributed by atoms with van der Waals surface area (Å²) < 4.78 is 0. The molecule has 5 nitrogen and oxygen atoms in total. The Hall–Kier alpha value is -1.49. The van der Waals surface area contributed by atoms with Crippen molar-refractivity contribution in [2.75, 3.05) is 13.1 Å². The first-order valence-electron chi connectivity index (χ1n) is 9.68. The summed E-state index contributed by atoms with van der Waals surface area (Å²) in [6.45, 7) is 2.58. The van der Waals surface area contributed by atoms with E-state index in [1.165, 1.54) is 32.1 Å². The Labute approximate surface area is 144 Å². The molecule has 0 bridgehead atoms. The third-order valence-corrected chi connectivity index (χ3v) is 5.84. The number of hydrogen-bond acceptors (Lipinski definition) is 4. The third kappa shape index (κ3) is 3.32. The summed E-state index contributed by atoms with van der Waals surface area (Å²) >= 11 is 0. The number of carbonyl (C=O) groups excluding carboxylic acids is 1. The van der Waals surface area contributed by atoms with Crippen molar-refractivity contribution in [1.82, 2.24) is 20.2 Å². The van der Waals surface area contributed by atoms with Gasteiger partial charge in [0.2, 0.25) is 5.91 Å². The van der Waals surface area contributed by atoms with Crippen molar-refractivity contribution in [2.24, 2.45) is 5.92 Å². The molecular weight excluding hydrogens is 300 g/mol. The Bertz CT molecular complexity index is 591. The van der Waals surface area contributed by atoms with Crippen LogP contribution in [0.5, 0.6) is 0 Å². The van der Waals surface area contributed by atoms with Crippen LogP contribution in [0.25, 0.3) is 0 Å². The fourth-order valence-corrected chi connectivity index (χ4v) is 4.37. The Morgan fingerprint density at radius 2 is 1.96 bits per heavy atom. The van der Waals surface area contributed by atoms with Crippen molar-refractivity contribution in [2.45, 2.75) is 70.4 Å². The van der Waals surface area contributed by atoms with Gasteiger partial charge in [-0.2, -0.15) is 0 Å². The average molecular weight is 328 g/mol. The Kier molecular flexibility index (Phi) is 4.79. The molecule has 3 aliphatic rings. The minimum atomic E-state index is 0.256. The van der Waals surface area contributed by atoms with Gasteiger partial charge in [-0.15, -0.1) is 0 Å². The number of aromatic nitrogens is 2. The minimum Gasteiger partial charge on any atom is -0.338 e. The van der Waals surface area contributed by atoms with E-state index >= 15 is 0 Å². The summed E-state index contributed by atoms with van der Waals surface area (Å²) in [7, 11) is 0. The predicted octanol–water partition coefficient (Wildman–Crippen LogP) is 2.76. The average Bonchev–Trinajstić information content (AvgIpc) is 2.68. The Morgan fingerprint density at radius 3 is 2.75 bits per heavy atom. The monoisotopic (exact) mass is 328 g/mol. The zero-order chi connectivity index (χ0) is 16.4. The van der Waals surface area contributed by atoms with E-state index in [2.05, 4.69) is 10.3 Å². The van der Waals surface area contributed by atoms with Gasteiger partial charge in [-0.05, 0) is 32.2 Å². The highest BCUT2D eigenvalue weighted by atomic mass is 16.2. The second-order valence-corrected chi connectivity index (χ2v) is 7.55. The van der Waals surface area contributed by atoms with E-state index in [1.807, 2.05) is 11.1 Å². The van der Waals surface area contributed by atoms with Gasteiger partial charge in [-0.1, -0.05) is 25.7 Å². The first-order valence-corrected chi connectivity index (χ1v) is 9.68. The zero-order valence-electron chi connectivity index (χ0n) is 14.5. The van der Waals surface area contributed by atoms with Crippen LogP contribution in [-0.2, 0) is 17.8 Å². The summed E-state index contributed by atoms with van der Waals surface area (Å²) in [6, 6.07) is 0.311. The van der Waals surface area contributed by atoms with Crippen LogP contribution in [0.2, 0.25) is 0 Å². The number of fused-ring (bicyclic) bond motifs is 1. The Balaban J connectivity index is 1.44. The molecule has 1 saturated heterocycles. The lowest BCUT2D eigenvalue weighted by atomic mass is 9.88. The van der Waals surface area contributed by atoms with Gasteiger partial charge < -0.3 is 10.2 Å². The van der Waals surface area contributed by atoms with E-state index < -0.39 is 0 Å². The Morgan fingerprint density at radius 1 is 1.12 bits per heavy atom. The van der Waals surface area contributed by atoms with E-state index in [-0.39, 0.29) is 5.92 Å². The first-order chi connectivity index (χ1) is 11.8. The number of carbonyl (C=O) groups is 1. The summed E-state index contributed by atoms with van der Waals surface area (Å²) in [5, 5.41) is 3.52. The number of amides is 1. The standard InChI is InChI=1S/C19H28N4O/c24-19(14-6-2-1-3-7-14)23-11-9-16-15(13-23)12-21-18(22-16)17-8-4-5-10-20-17/h12,14,17,20H,1-11,13H2/t17-/m0/s1. The molecule has 2 aliphatic heterocycles. The van der Waals surface area contributed by atoms with Crippen LogP contribution in [-0.4, -0.2) is 33.9 Å². The highest BCUT2D eigenvalue weighted by Crippen LogP contribution is 2.28. The van der Waals surface area contributed by atoms with Crippen LogP contribution >= 0.6 is 0 Å². The van der Waals surface area contributed by atoms with E-state index in [0.717, 1.165) is 55.9 Å². The van der Waals surface area contributed by atoms with Gasteiger partial charge in [-0.3, -0.25) is 4.79 Å². The van der Waals surface area contributed by atoms with Gasteiger partial charge in [0, 0.05) is 37.2 Å². The van der Waals surface area contributed by atoms with Crippen molar-refractivity contribution in [1.29, 1.82) is 0 Å². The fraction of sp³-hybridized carbons (Fsp3) is 0.737. The van der Waals surface area contributed by atoms with E-state index in [9.17, 15) is 4.79 Å². The lowest BCUT2D eigenvalue weighted by Gasteiger charge is -2.33. The van der Waals surface area contributed by atoms with Crippen LogP contribution in [0, 0.1) is 5.92 Å². The van der Waals surface area contributed by atoms with E-state index in [1.54, 1.807) is 0 Å². The van der Waals surface area contributed by atoms with Gasteiger partial charge in [0.05, 0.1) is 11.7 Å². The molecule has 1 saturated carbocycles. The fourth-order valence-electron chi connectivity index (χ4n) is 4.37. The topological polar surface area (TPSA) is 58.1 Å². The molecule has 130 valence electrons. The third-order valence-electron chi connectivity index (χ3n) is 5.84. The summed E-state index contributed by atoms with van der Waals surface area (Å²) in [6.07, 6.45) is 12.3. The van der Waals surface area contributed by atoms with Gasteiger partial charge >= 0.3 is 0 Å². The van der Waals surface area contributed by atoms with Crippen LogP contribution in [0.1, 0.15) is 74.5 Å². The molecular formula is C19H28N4O. The number of nitrogens with zero attached hydrogens (tertiary/aromatic N) is 3. The van der Waals surface area contributed by atoms with E-state index in [0.29, 0.717) is 18.5 Å². The molecule has 1 N–H and O–H groups in total. The van der Waals surface area contributed by atoms with Gasteiger partial charge in [0.1, 0.15) is 5.82 Å². The van der Waals surface area contributed by atoms with Gasteiger partial charge in [-0.25, -0.2) is 9.97 Å². The summed E-state index contributed by atoms with van der Waals surface area (Å²) in [4.78, 5) is 24.2. The normalized spacial score (nSPS) is 25.3. The van der Waals surface area contributed by atoms with Crippen LogP contribution in [0.15, 0.2) is 6.20 Å². The lowest BCUT2D eigenvalue weighted by Crippen LogP contribution is -2.41. The van der Waals surface area contributed by atoms with Crippen molar-refractivity contribution in [3.63, 3.8) is 0 Å². The molecule has 1 aromatic heterocycles. The predicted molar refractivity (Wildman–Crippen MR) is 92.3 cm³/mol. The second-order valence-electron chi connectivity index (χ2n) is 7.55. The van der Waals surface area contributed by atoms with Crippen LogP contribution in [0.3, 0.4) is 0 Å². The molecule has 1 atom stereocenters. The van der Waals surface area contributed by atoms with Gasteiger partial charge in [0.25, 0.3) is 0 Å². The lowest BCUT2D eigenvalue weighted by molar-refractivity contribution is -0.137. The minimum absolute atomic E-state index is 0.256.